The summed E-state index contributed by atoms with van der Waals surface area (Å²) in [6.45, 7) is 5.97. The zero-order valence-corrected chi connectivity index (χ0v) is 7.92. The molecule has 0 aromatic rings. The maximum absolute atomic E-state index is 11.8. The van der Waals surface area contributed by atoms with Crippen LogP contribution in [0.5, 0.6) is 0 Å². The Bertz CT molecular complexity index is 221. The highest BCUT2D eigenvalue weighted by molar-refractivity contribution is 5.88. The molecule has 1 N–H and O–H groups in total. The molecule has 1 saturated carbocycles. The second-order valence-corrected chi connectivity index (χ2v) is 4.39. The van der Waals surface area contributed by atoms with E-state index in [2.05, 4.69) is 12.2 Å². The largest absolute Gasteiger partial charge is 0.323 e. The van der Waals surface area contributed by atoms with Gasteiger partial charge in [-0.2, -0.15) is 0 Å². The molecule has 2 aliphatic rings. The summed E-state index contributed by atoms with van der Waals surface area (Å²) in [6, 6.07) is 0.529. The van der Waals surface area contributed by atoms with Gasteiger partial charge in [-0.3, -0.25) is 10.1 Å². The molecule has 0 bridgehead atoms. The zero-order chi connectivity index (χ0) is 8.93. The monoisotopic (exact) mass is 168 g/mol. The minimum atomic E-state index is -0.345. The van der Waals surface area contributed by atoms with Gasteiger partial charge in [0.15, 0.2) is 0 Å². The van der Waals surface area contributed by atoms with Crippen LogP contribution in [-0.4, -0.2) is 28.6 Å². The van der Waals surface area contributed by atoms with Crippen LogP contribution in [0, 0.1) is 0 Å². The van der Waals surface area contributed by atoms with E-state index in [9.17, 15) is 4.79 Å². The molecule has 0 aromatic heterocycles. The van der Waals surface area contributed by atoms with E-state index in [0.29, 0.717) is 6.04 Å². The lowest BCUT2D eigenvalue weighted by Gasteiger charge is -2.20. The van der Waals surface area contributed by atoms with Crippen LogP contribution in [0.25, 0.3) is 0 Å². The number of carbonyl (C=O) groups is 1. The summed E-state index contributed by atoms with van der Waals surface area (Å²) in [6.07, 6.45) is 2.60. The van der Waals surface area contributed by atoms with Crippen molar-refractivity contribution in [3.8, 4) is 0 Å². The summed E-state index contributed by atoms with van der Waals surface area (Å²) in [5.41, 5.74) is -0.345. The van der Waals surface area contributed by atoms with Gasteiger partial charge in [0, 0.05) is 6.04 Å². The first-order valence-corrected chi connectivity index (χ1v) is 4.63. The third-order valence-electron chi connectivity index (χ3n) is 2.70. The summed E-state index contributed by atoms with van der Waals surface area (Å²) in [5, 5.41) is 3.29. The van der Waals surface area contributed by atoms with Crippen LogP contribution < -0.4 is 5.32 Å². The number of carbonyl (C=O) groups excluding carboxylic acids is 1. The number of rotatable bonds is 1. The van der Waals surface area contributed by atoms with Gasteiger partial charge in [0.05, 0.1) is 11.7 Å². The third-order valence-corrected chi connectivity index (χ3v) is 2.70. The van der Waals surface area contributed by atoms with Gasteiger partial charge in [0.1, 0.15) is 0 Å². The molecule has 0 radical (unpaired) electrons. The highest BCUT2D eigenvalue weighted by atomic mass is 16.2. The molecule has 0 aromatic carbocycles. The van der Waals surface area contributed by atoms with Crippen LogP contribution in [-0.2, 0) is 4.79 Å². The van der Waals surface area contributed by atoms with Crippen molar-refractivity contribution in [3.63, 3.8) is 0 Å². The molecule has 2 fully saturated rings. The van der Waals surface area contributed by atoms with Crippen LogP contribution in [0.3, 0.4) is 0 Å². The molecule has 1 heterocycles. The topological polar surface area (TPSA) is 32.3 Å². The van der Waals surface area contributed by atoms with E-state index in [-0.39, 0.29) is 17.6 Å². The van der Waals surface area contributed by atoms with Crippen molar-refractivity contribution >= 4 is 5.91 Å². The lowest BCUT2D eigenvalue weighted by Crippen LogP contribution is -2.40. The van der Waals surface area contributed by atoms with Gasteiger partial charge in [-0.25, -0.2) is 0 Å². The number of amides is 1. The first kappa shape index (κ1) is 8.05. The first-order chi connectivity index (χ1) is 5.52. The summed E-state index contributed by atoms with van der Waals surface area (Å²) < 4.78 is 0. The third kappa shape index (κ3) is 1.04. The highest BCUT2D eigenvalue weighted by Crippen LogP contribution is 2.33. The van der Waals surface area contributed by atoms with Crippen LogP contribution in [0.1, 0.15) is 33.6 Å². The predicted molar refractivity (Wildman–Crippen MR) is 46.5 cm³/mol. The predicted octanol–water partition coefficient (Wildman–Crippen LogP) is 0.705. The van der Waals surface area contributed by atoms with E-state index in [0.717, 1.165) is 0 Å². The quantitative estimate of drug-likeness (QED) is 0.625. The molecule has 1 unspecified atom stereocenters. The van der Waals surface area contributed by atoms with E-state index in [4.69, 9.17) is 0 Å². The van der Waals surface area contributed by atoms with Crippen molar-refractivity contribution in [3.05, 3.63) is 0 Å². The molecule has 68 valence electrons. The Labute approximate surface area is 73.1 Å². The Morgan fingerprint density at radius 1 is 1.50 bits per heavy atom. The van der Waals surface area contributed by atoms with Crippen LogP contribution >= 0.6 is 0 Å². The molecule has 3 heteroatoms. The molecule has 2 rings (SSSR count). The van der Waals surface area contributed by atoms with Crippen LogP contribution in [0.2, 0.25) is 0 Å². The van der Waals surface area contributed by atoms with Gasteiger partial charge < -0.3 is 4.90 Å². The molecule has 12 heavy (non-hydrogen) atoms. The van der Waals surface area contributed by atoms with Gasteiger partial charge >= 0.3 is 0 Å². The van der Waals surface area contributed by atoms with Gasteiger partial charge in [0.25, 0.3) is 0 Å². The highest BCUT2D eigenvalue weighted by Gasteiger charge is 2.48. The van der Waals surface area contributed by atoms with Crippen molar-refractivity contribution < 1.29 is 4.79 Å². The average molecular weight is 168 g/mol. The van der Waals surface area contributed by atoms with E-state index < -0.39 is 0 Å². The number of hydrogen-bond acceptors (Lipinski definition) is 2. The normalized spacial score (nSPS) is 34.4. The van der Waals surface area contributed by atoms with Crippen LogP contribution in [0.4, 0.5) is 0 Å². The Kier molecular flexibility index (Phi) is 1.49. The van der Waals surface area contributed by atoms with Gasteiger partial charge in [-0.1, -0.05) is 0 Å². The Morgan fingerprint density at radius 3 is 2.42 bits per heavy atom. The fourth-order valence-corrected chi connectivity index (χ4v) is 1.99. The van der Waals surface area contributed by atoms with E-state index in [1.54, 1.807) is 0 Å². The number of hydrogen-bond donors (Lipinski definition) is 1. The Morgan fingerprint density at radius 2 is 2.08 bits per heavy atom. The molecule has 1 amide bonds. The second kappa shape index (κ2) is 2.22. The molecular formula is C9H16N2O. The fourth-order valence-electron chi connectivity index (χ4n) is 1.99. The van der Waals surface area contributed by atoms with Crippen molar-refractivity contribution in [1.82, 2.24) is 10.2 Å². The zero-order valence-electron chi connectivity index (χ0n) is 7.92. The summed E-state index contributed by atoms with van der Waals surface area (Å²) in [7, 11) is 0. The average Bonchev–Trinajstić information content (AvgIpc) is 2.66. The molecule has 1 aliphatic heterocycles. The summed E-state index contributed by atoms with van der Waals surface area (Å²) in [4.78, 5) is 13.8. The number of nitrogens with zero attached hydrogens (tertiary/aromatic N) is 1. The van der Waals surface area contributed by atoms with E-state index in [1.165, 1.54) is 12.8 Å². The maximum atomic E-state index is 11.8. The fraction of sp³-hybridized carbons (Fsp3) is 0.889. The van der Waals surface area contributed by atoms with Gasteiger partial charge in [-0.15, -0.1) is 0 Å². The SMILES string of the molecule is CC1NC(C)(C)C(=O)N1C1CC1. The molecule has 3 nitrogen and oxygen atoms in total. The summed E-state index contributed by atoms with van der Waals surface area (Å²) in [5.74, 6) is 0.262. The maximum Gasteiger partial charge on any atom is 0.243 e. The molecule has 0 spiro atoms. The standard InChI is InChI=1S/C9H16N2O/c1-6-10-9(2,3)8(12)11(6)7-4-5-7/h6-7,10H,4-5H2,1-3H3. The Hall–Kier alpha value is -0.570. The van der Waals surface area contributed by atoms with E-state index >= 15 is 0 Å². The molecule has 1 aliphatic carbocycles. The van der Waals surface area contributed by atoms with Crippen molar-refractivity contribution in [1.29, 1.82) is 0 Å². The molecule has 1 atom stereocenters. The minimum Gasteiger partial charge on any atom is -0.323 e. The van der Waals surface area contributed by atoms with Crippen molar-refractivity contribution in [2.75, 3.05) is 0 Å². The van der Waals surface area contributed by atoms with E-state index in [1.807, 2.05) is 18.7 Å². The lowest BCUT2D eigenvalue weighted by atomic mass is 10.1. The van der Waals surface area contributed by atoms with Crippen LogP contribution in [0.15, 0.2) is 0 Å². The number of nitrogens with one attached hydrogen (secondary N) is 1. The molecular weight excluding hydrogens is 152 g/mol. The van der Waals surface area contributed by atoms with Crippen molar-refractivity contribution in [2.24, 2.45) is 0 Å². The smallest absolute Gasteiger partial charge is 0.243 e. The second-order valence-electron chi connectivity index (χ2n) is 4.39. The van der Waals surface area contributed by atoms with Crippen molar-refractivity contribution in [2.45, 2.75) is 51.4 Å². The minimum absolute atomic E-state index is 0.222. The van der Waals surface area contributed by atoms with Gasteiger partial charge in [0.2, 0.25) is 5.91 Å². The molecule has 1 saturated heterocycles. The first-order valence-electron chi connectivity index (χ1n) is 4.63. The van der Waals surface area contributed by atoms with Gasteiger partial charge in [-0.05, 0) is 33.6 Å². The lowest BCUT2D eigenvalue weighted by molar-refractivity contribution is -0.132. The Balaban J connectivity index is 2.19. The summed E-state index contributed by atoms with van der Waals surface area (Å²) >= 11 is 0.